The zero-order valence-corrected chi connectivity index (χ0v) is 10.1. The van der Waals surface area contributed by atoms with Gasteiger partial charge in [0.25, 0.3) is 0 Å². The predicted octanol–water partition coefficient (Wildman–Crippen LogP) is 3.71. The van der Waals surface area contributed by atoms with E-state index in [0.717, 1.165) is 16.5 Å². The SMILES string of the molecule is CCCSc1ccc(-c2cccs2)nn1. The number of nitrogens with zero attached hydrogens (tertiary/aromatic N) is 2. The summed E-state index contributed by atoms with van der Waals surface area (Å²) in [6.07, 6.45) is 1.17. The van der Waals surface area contributed by atoms with E-state index in [0.29, 0.717) is 0 Å². The molecule has 0 aliphatic heterocycles. The molecule has 0 saturated heterocycles. The minimum absolute atomic E-state index is 0.964. The van der Waals surface area contributed by atoms with E-state index >= 15 is 0 Å². The van der Waals surface area contributed by atoms with Gasteiger partial charge >= 0.3 is 0 Å². The summed E-state index contributed by atoms with van der Waals surface area (Å²) in [5.41, 5.74) is 0.964. The summed E-state index contributed by atoms with van der Waals surface area (Å²) in [6.45, 7) is 2.17. The molecule has 4 heteroatoms. The maximum atomic E-state index is 4.21. The molecular formula is C11H12N2S2. The molecule has 0 aromatic carbocycles. The first-order chi connectivity index (χ1) is 7.40. The molecule has 0 spiro atoms. The van der Waals surface area contributed by atoms with Crippen molar-refractivity contribution in [3.8, 4) is 10.6 Å². The first-order valence-electron chi connectivity index (χ1n) is 4.90. The topological polar surface area (TPSA) is 25.8 Å². The molecule has 0 aliphatic carbocycles. The van der Waals surface area contributed by atoms with Gasteiger partial charge in [0.15, 0.2) is 0 Å². The molecule has 2 heterocycles. The van der Waals surface area contributed by atoms with Crippen molar-refractivity contribution in [3.63, 3.8) is 0 Å². The van der Waals surface area contributed by atoms with Gasteiger partial charge in [-0.1, -0.05) is 13.0 Å². The summed E-state index contributed by atoms with van der Waals surface area (Å²) in [5.74, 6) is 1.10. The van der Waals surface area contributed by atoms with Crippen LogP contribution in [0.25, 0.3) is 10.6 Å². The summed E-state index contributed by atoms with van der Waals surface area (Å²) >= 11 is 3.45. The van der Waals surface area contributed by atoms with Gasteiger partial charge in [0.2, 0.25) is 0 Å². The van der Waals surface area contributed by atoms with E-state index in [1.807, 2.05) is 18.2 Å². The van der Waals surface area contributed by atoms with Crippen LogP contribution >= 0.6 is 23.1 Å². The molecule has 2 aromatic rings. The van der Waals surface area contributed by atoms with Crippen molar-refractivity contribution in [1.29, 1.82) is 0 Å². The van der Waals surface area contributed by atoms with Gasteiger partial charge in [-0.25, -0.2) is 0 Å². The molecule has 0 atom stereocenters. The lowest BCUT2D eigenvalue weighted by Crippen LogP contribution is -1.88. The molecule has 0 radical (unpaired) electrons. The third-order valence-corrected chi connectivity index (χ3v) is 3.89. The summed E-state index contributed by atoms with van der Waals surface area (Å²) in [4.78, 5) is 1.18. The van der Waals surface area contributed by atoms with Crippen LogP contribution in [0, 0.1) is 0 Å². The first kappa shape index (κ1) is 10.6. The van der Waals surface area contributed by atoms with Gasteiger partial charge in [0.1, 0.15) is 10.7 Å². The Hall–Kier alpha value is -0.870. The fraction of sp³-hybridized carbons (Fsp3) is 0.273. The molecule has 0 N–H and O–H groups in total. The number of thiophene rings is 1. The van der Waals surface area contributed by atoms with Crippen molar-refractivity contribution >= 4 is 23.1 Å². The molecule has 0 fully saturated rings. The molecule has 0 aliphatic rings. The summed E-state index contributed by atoms with van der Waals surface area (Å²) in [6, 6.07) is 8.17. The van der Waals surface area contributed by atoms with Crippen molar-refractivity contribution in [2.75, 3.05) is 5.75 Å². The Kier molecular flexibility index (Phi) is 3.75. The Morgan fingerprint density at radius 1 is 1.27 bits per heavy atom. The molecule has 15 heavy (non-hydrogen) atoms. The van der Waals surface area contributed by atoms with Gasteiger partial charge in [0, 0.05) is 0 Å². The van der Waals surface area contributed by atoms with Crippen molar-refractivity contribution in [1.82, 2.24) is 10.2 Å². The highest BCUT2D eigenvalue weighted by molar-refractivity contribution is 7.99. The normalized spacial score (nSPS) is 10.5. The second-order valence-corrected chi connectivity index (χ2v) is 5.15. The van der Waals surface area contributed by atoms with Crippen LogP contribution in [0.5, 0.6) is 0 Å². The van der Waals surface area contributed by atoms with E-state index in [1.165, 1.54) is 11.3 Å². The Labute approximate surface area is 97.8 Å². The van der Waals surface area contributed by atoms with Crippen LogP contribution in [0.15, 0.2) is 34.7 Å². The average Bonchev–Trinajstić information content (AvgIpc) is 2.80. The number of rotatable bonds is 4. The van der Waals surface area contributed by atoms with E-state index in [9.17, 15) is 0 Å². The fourth-order valence-electron chi connectivity index (χ4n) is 1.16. The monoisotopic (exact) mass is 236 g/mol. The average molecular weight is 236 g/mol. The molecule has 2 aromatic heterocycles. The van der Waals surface area contributed by atoms with E-state index in [-0.39, 0.29) is 0 Å². The van der Waals surface area contributed by atoms with Crippen LogP contribution in [-0.4, -0.2) is 16.0 Å². The molecule has 2 rings (SSSR count). The van der Waals surface area contributed by atoms with E-state index in [4.69, 9.17) is 0 Å². The summed E-state index contributed by atoms with van der Waals surface area (Å²) in [5, 5.41) is 11.5. The second-order valence-electron chi connectivity index (χ2n) is 3.08. The fourth-order valence-corrected chi connectivity index (χ4v) is 2.53. The molecule has 0 amide bonds. The van der Waals surface area contributed by atoms with Crippen LogP contribution in [0.4, 0.5) is 0 Å². The molecule has 2 nitrogen and oxygen atoms in total. The van der Waals surface area contributed by atoms with Crippen molar-refractivity contribution < 1.29 is 0 Å². The van der Waals surface area contributed by atoms with Crippen LogP contribution in [0.2, 0.25) is 0 Å². The highest BCUT2D eigenvalue weighted by atomic mass is 32.2. The minimum Gasteiger partial charge on any atom is -0.149 e. The largest absolute Gasteiger partial charge is 0.149 e. The van der Waals surface area contributed by atoms with Crippen LogP contribution in [0.3, 0.4) is 0 Å². The number of aromatic nitrogens is 2. The summed E-state index contributed by atoms with van der Waals surface area (Å²) in [7, 11) is 0. The van der Waals surface area contributed by atoms with E-state index in [2.05, 4.69) is 28.6 Å². The standard InChI is InChI=1S/C11H12N2S2/c1-2-7-15-11-6-5-9(12-13-11)10-4-3-8-14-10/h3-6,8H,2,7H2,1H3. The summed E-state index contributed by atoms with van der Waals surface area (Å²) < 4.78 is 0. The number of hydrogen-bond donors (Lipinski definition) is 0. The minimum atomic E-state index is 0.964. The maximum absolute atomic E-state index is 4.21. The van der Waals surface area contributed by atoms with Crippen molar-refractivity contribution in [2.45, 2.75) is 18.4 Å². The zero-order valence-electron chi connectivity index (χ0n) is 8.51. The Morgan fingerprint density at radius 3 is 2.80 bits per heavy atom. The molecule has 78 valence electrons. The number of hydrogen-bond acceptors (Lipinski definition) is 4. The molecule has 0 bridgehead atoms. The first-order valence-corrected chi connectivity index (χ1v) is 6.77. The van der Waals surface area contributed by atoms with Gasteiger partial charge in [-0.3, -0.25) is 0 Å². The third kappa shape index (κ3) is 2.79. The van der Waals surface area contributed by atoms with Gasteiger partial charge in [-0.15, -0.1) is 33.3 Å². The highest BCUT2D eigenvalue weighted by Crippen LogP contribution is 2.23. The molecule has 0 unspecified atom stereocenters. The lowest BCUT2D eigenvalue weighted by molar-refractivity contribution is 0.935. The Morgan fingerprint density at radius 2 is 2.20 bits per heavy atom. The lowest BCUT2D eigenvalue weighted by Gasteiger charge is -1.98. The molecule has 0 saturated carbocycles. The van der Waals surface area contributed by atoms with Crippen molar-refractivity contribution in [3.05, 3.63) is 29.6 Å². The number of thioether (sulfide) groups is 1. The van der Waals surface area contributed by atoms with Gasteiger partial charge in [-0.05, 0) is 35.8 Å². The Balaban J connectivity index is 2.11. The van der Waals surface area contributed by atoms with E-state index in [1.54, 1.807) is 23.1 Å². The van der Waals surface area contributed by atoms with Gasteiger partial charge < -0.3 is 0 Å². The van der Waals surface area contributed by atoms with Crippen LogP contribution < -0.4 is 0 Å². The smallest absolute Gasteiger partial charge is 0.119 e. The third-order valence-electron chi connectivity index (χ3n) is 1.87. The lowest BCUT2D eigenvalue weighted by atomic mass is 10.3. The van der Waals surface area contributed by atoms with Crippen molar-refractivity contribution in [2.24, 2.45) is 0 Å². The quantitative estimate of drug-likeness (QED) is 0.757. The van der Waals surface area contributed by atoms with Crippen LogP contribution in [-0.2, 0) is 0 Å². The maximum Gasteiger partial charge on any atom is 0.119 e. The van der Waals surface area contributed by atoms with Gasteiger partial charge in [0.05, 0.1) is 4.88 Å². The molecular weight excluding hydrogens is 224 g/mol. The van der Waals surface area contributed by atoms with E-state index < -0.39 is 0 Å². The zero-order chi connectivity index (χ0) is 10.5. The second kappa shape index (κ2) is 5.28. The van der Waals surface area contributed by atoms with Crippen LogP contribution in [0.1, 0.15) is 13.3 Å². The highest BCUT2D eigenvalue weighted by Gasteiger charge is 2.01. The predicted molar refractivity (Wildman–Crippen MR) is 66.4 cm³/mol. The Bertz CT molecular complexity index is 395. The van der Waals surface area contributed by atoms with Gasteiger partial charge in [-0.2, -0.15) is 0 Å².